The second-order valence-corrected chi connectivity index (χ2v) is 8.97. The number of hydrogen-bond acceptors (Lipinski definition) is 3. The Labute approximate surface area is 149 Å². The highest BCUT2D eigenvalue weighted by atomic mass is 35.5. The van der Waals surface area contributed by atoms with Crippen LogP contribution in [0.25, 0.3) is 0 Å². The van der Waals surface area contributed by atoms with Crippen molar-refractivity contribution in [1.29, 1.82) is 0 Å². The Morgan fingerprint density at radius 3 is 2.83 bits per heavy atom. The molecule has 1 aliphatic heterocycles. The summed E-state index contributed by atoms with van der Waals surface area (Å²) in [5.41, 5.74) is 1.80. The second kappa shape index (κ2) is 7.81. The molecule has 7 heteroatoms. The lowest BCUT2D eigenvalue weighted by Gasteiger charge is -2.31. The fourth-order valence-corrected chi connectivity index (χ4v) is 4.99. The fourth-order valence-electron chi connectivity index (χ4n) is 2.73. The molecule has 128 valence electrons. The maximum Gasteiger partial charge on any atom is 0.173 e. The van der Waals surface area contributed by atoms with Crippen LogP contribution in [0.1, 0.15) is 31.7 Å². The van der Waals surface area contributed by atoms with Crippen molar-refractivity contribution in [2.45, 2.75) is 39.2 Å². The van der Waals surface area contributed by atoms with Gasteiger partial charge in [0, 0.05) is 23.3 Å². The van der Waals surface area contributed by atoms with E-state index >= 15 is 0 Å². The third kappa shape index (κ3) is 4.81. The van der Waals surface area contributed by atoms with E-state index in [1.54, 1.807) is 0 Å². The first kappa shape index (κ1) is 18.5. The average Bonchev–Trinajstić information content (AvgIpc) is 2.84. The Morgan fingerprint density at radius 1 is 1.48 bits per heavy atom. The van der Waals surface area contributed by atoms with Crippen LogP contribution in [0.4, 0.5) is 5.69 Å². The van der Waals surface area contributed by atoms with E-state index in [1.165, 1.54) is 0 Å². The summed E-state index contributed by atoms with van der Waals surface area (Å²) in [6, 6.07) is 5.60. The molecular formula is C16H23ClN2O2S2. The molecule has 0 aromatic heterocycles. The van der Waals surface area contributed by atoms with E-state index in [2.05, 4.69) is 12.2 Å². The van der Waals surface area contributed by atoms with Gasteiger partial charge in [-0.25, -0.2) is 8.42 Å². The normalized spacial score (nSPS) is 19.5. The molecule has 4 nitrogen and oxygen atoms in total. The van der Waals surface area contributed by atoms with Gasteiger partial charge in [0.25, 0.3) is 0 Å². The largest absolute Gasteiger partial charge is 0.345 e. The molecule has 0 radical (unpaired) electrons. The Kier molecular flexibility index (Phi) is 6.28. The number of nitrogens with zero attached hydrogens (tertiary/aromatic N) is 1. The summed E-state index contributed by atoms with van der Waals surface area (Å²) in [7, 11) is -2.94. The minimum Gasteiger partial charge on any atom is -0.345 e. The van der Waals surface area contributed by atoms with Crippen LogP contribution in [0, 0.1) is 6.92 Å². The molecule has 1 atom stereocenters. The van der Waals surface area contributed by atoms with Crippen LogP contribution in [-0.4, -0.2) is 42.5 Å². The molecule has 23 heavy (non-hydrogen) atoms. The first-order valence-corrected chi connectivity index (χ1v) is 10.5. The number of anilines is 1. The van der Waals surface area contributed by atoms with E-state index in [4.69, 9.17) is 23.8 Å². The summed E-state index contributed by atoms with van der Waals surface area (Å²) < 4.78 is 23.6. The van der Waals surface area contributed by atoms with Crippen LogP contribution in [0.3, 0.4) is 0 Å². The Bertz CT molecular complexity index is 677. The van der Waals surface area contributed by atoms with Crippen molar-refractivity contribution in [3.63, 3.8) is 0 Å². The average molecular weight is 375 g/mol. The molecule has 0 bridgehead atoms. The van der Waals surface area contributed by atoms with Gasteiger partial charge in [0.1, 0.15) is 0 Å². The van der Waals surface area contributed by atoms with Crippen molar-refractivity contribution >= 4 is 44.5 Å². The highest BCUT2D eigenvalue weighted by molar-refractivity contribution is 7.91. The van der Waals surface area contributed by atoms with Crippen molar-refractivity contribution in [1.82, 2.24) is 4.90 Å². The Hall–Kier alpha value is -0.850. The zero-order chi connectivity index (χ0) is 17.0. The van der Waals surface area contributed by atoms with Crippen molar-refractivity contribution in [2.24, 2.45) is 0 Å². The maximum absolute atomic E-state index is 11.8. The molecule has 0 amide bonds. The SMILES string of the molecule is CCCCN(C(=S)Nc1cccc(Cl)c1C)[C@@H]1CCS(=O)(=O)C1. The summed E-state index contributed by atoms with van der Waals surface area (Å²) in [4.78, 5) is 2.03. The van der Waals surface area contributed by atoms with Gasteiger partial charge in [0.15, 0.2) is 14.9 Å². The highest BCUT2D eigenvalue weighted by Gasteiger charge is 2.33. The quantitative estimate of drug-likeness (QED) is 0.797. The van der Waals surface area contributed by atoms with Gasteiger partial charge >= 0.3 is 0 Å². The number of sulfone groups is 1. The van der Waals surface area contributed by atoms with Crippen molar-refractivity contribution in [3.05, 3.63) is 28.8 Å². The summed E-state index contributed by atoms with van der Waals surface area (Å²) in [5, 5.41) is 4.50. The summed E-state index contributed by atoms with van der Waals surface area (Å²) in [6.07, 6.45) is 2.66. The zero-order valence-corrected chi connectivity index (χ0v) is 15.9. The molecular weight excluding hydrogens is 352 g/mol. The molecule has 0 saturated carbocycles. The van der Waals surface area contributed by atoms with E-state index < -0.39 is 9.84 Å². The third-order valence-electron chi connectivity index (χ3n) is 4.17. The van der Waals surface area contributed by atoms with Crippen LogP contribution in [0.2, 0.25) is 5.02 Å². The molecule has 0 spiro atoms. The van der Waals surface area contributed by atoms with Gasteiger partial charge in [-0.2, -0.15) is 0 Å². The molecule has 1 N–H and O–H groups in total. The first-order chi connectivity index (χ1) is 10.8. The molecule has 2 rings (SSSR count). The number of unbranched alkanes of at least 4 members (excludes halogenated alkanes) is 1. The predicted octanol–water partition coefficient (Wildman–Crippen LogP) is 3.63. The number of halogens is 1. The lowest BCUT2D eigenvalue weighted by Crippen LogP contribution is -2.44. The van der Waals surface area contributed by atoms with Crippen LogP contribution >= 0.6 is 23.8 Å². The summed E-state index contributed by atoms with van der Waals surface area (Å²) in [5.74, 6) is 0.437. The number of rotatable bonds is 5. The standard InChI is InChI=1S/C16H23ClN2O2S2/c1-3-4-9-19(13-8-10-23(20,21)11-13)16(22)18-15-7-5-6-14(17)12(15)2/h5-7,13H,3-4,8-11H2,1-2H3,(H,18,22)/t13-/m1/s1. The van der Waals surface area contributed by atoms with Gasteiger partial charge in [0.2, 0.25) is 0 Å². The smallest absolute Gasteiger partial charge is 0.173 e. The second-order valence-electron chi connectivity index (χ2n) is 5.95. The predicted molar refractivity (Wildman–Crippen MR) is 101 cm³/mol. The molecule has 1 aromatic carbocycles. The lowest BCUT2D eigenvalue weighted by molar-refractivity contribution is 0.333. The molecule has 1 aromatic rings. The van der Waals surface area contributed by atoms with E-state index in [1.807, 2.05) is 30.0 Å². The van der Waals surface area contributed by atoms with Gasteiger partial charge in [-0.3, -0.25) is 0 Å². The number of benzene rings is 1. The third-order valence-corrected chi connectivity index (χ3v) is 6.67. The van der Waals surface area contributed by atoms with E-state index in [-0.39, 0.29) is 17.5 Å². The van der Waals surface area contributed by atoms with Crippen LogP contribution in [0.15, 0.2) is 18.2 Å². The zero-order valence-electron chi connectivity index (χ0n) is 13.5. The van der Waals surface area contributed by atoms with Crippen LogP contribution in [-0.2, 0) is 9.84 Å². The maximum atomic E-state index is 11.8. The summed E-state index contributed by atoms with van der Waals surface area (Å²) in [6.45, 7) is 4.81. The molecule has 1 saturated heterocycles. The molecule has 1 aliphatic rings. The van der Waals surface area contributed by atoms with Crippen LogP contribution < -0.4 is 5.32 Å². The van der Waals surface area contributed by atoms with Crippen molar-refractivity contribution in [3.8, 4) is 0 Å². The van der Waals surface area contributed by atoms with Gasteiger partial charge in [-0.05, 0) is 49.7 Å². The lowest BCUT2D eigenvalue weighted by atomic mass is 10.2. The topological polar surface area (TPSA) is 49.4 Å². The first-order valence-electron chi connectivity index (χ1n) is 7.87. The van der Waals surface area contributed by atoms with E-state index in [0.717, 1.165) is 30.6 Å². The monoisotopic (exact) mass is 374 g/mol. The van der Waals surface area contributed by atoms with Crippen molar-refractivity contribution in [2.75, 3.05) is 23.4 Å². The number of nitrogens with one attached hydrogen (secondary N) is 1. The van der Waals surface area contributed by atoms with Gasteiger partial charge < -0.3 is 10.2 Å². The molecule has 1 fully saturated rings. The van der Waals surface area contributed by atoms with E-state index in [9.17, 15) is 8.42 Å². The molecule has 0 aliphatic carbocycles. The molecule has 1 heterocycles. The summed E-state index contributed by atoms with van der Waals surface area (Å²) >= 11 is 11.7. The Morgan fingerprint density at radius 2 is 2.22 bits per heavy atom. The van der Waals surface area contributed by atoms with Gasteiger partial charge in [-0.1, -0.05) is 31.0 Å². The fraction of sp³-hybridized carbons (Fsp3) is 0.562. The van der Waals surface area contributed by atoms with Gasteiger partial charge in [0.05, 0.1) is 11.5 Å². The minimum absolute atomic E-state index is 0.0361. The molecule has 0 unspecified atom stereocenters. The van der Waals surface area contributed by atoms with E-state index in [0.29, 0.717) is 16.6 Å². The minimum atomic E-state index is -2.94. The van der Waals surface area contributed by atoms with Crippen LogP contribution in [0.5, 0.6) is 0 Å². The highest BCUT2D eigenvalue weighted by Crippen LogP contribution is 2.25. The number of hydrogen-bond donors (Lipinski definition) is 1. The van der Waals surface area contributed by atoms with Crippen molar-refractivity contribution < 1.29 is 8.42 Å². The number of thiocarbonyl (C=S) groups is 1. The Balaban J connectivity index is 2.15. The van der Waals surface area contributed by atoms with Gasteiger partial charge in [-0.15, -0.1) is 0 Å².